The molecule has 0 saturated carbocycles. The molecule has 0 spiro atoms. The van der Waals surface area contributed by atoms with Crippen LogP contribution in [0.25, 0.3) is 0 Å². The lowest BCUT2D eigenvalue weighted by Crippen LogP contribution is -2.15. The van der Waals surface area contributed by atoms with Crippen LogP contribution >= 0.6 is 0 Å². The zero-order valence-electron chi connectivity index (χ0n) is 13.2. The van der Waals surface area contributed by atoms with Crippen molar-refractivity contribution in [3.05, 3.63) is 47.5 Å². The van der Waals surface area contributed by atoms with Crippen LogP contribution in [0.2, 0.25) is 0 Å². The predicted octanol–water partition coefficient (Wildman–Crippen LogP) is 3.29. The summed E-state index contributed by atoms with van der Waals surface area (Å²) in [7, 11) is 0. The molecule has 0 aliphatic heterocycles. The molecule has 0 atom stereocenters. The highest BCUT2D eigenvalue weighted by molar-refractivity contribution is 5.37. The van der Waals surface area contributed by atoms with E-state index in [-0.39, 0.29) is 0 Å². The Morgan fingerprint density at radius 1 is 1.29 bits per heavy atom. The first-order chi connectivity index (χ1) is 10.2. The number of imidazole rings is 1. The lowest BCUT2D eigenvalue weighted by Gasteiger charge is -2.13. The van der Waals surface area contributed by atoms with Gasteiger partial charge in [-0.2, -0.15) is 0 Å². The van der Waals surface area contributed by atoms with E-state index in [1.807, 2.05) is 12.5 Å². The van der Waals surface area contributed by atoms with E-state index in [9.17, 15) is 0 Å². The first-order valence-corrected chi connectivity index (χ1v) is 7.66. The van der Waals surface area contributed by atoms with Gasteiger partial charge in [-0.15, -0.1) is 0 Å². The Bertz CT molecular complexity index is 563. The fraction of sp³-hybridized carbons (Fsp3) is 0.471. The minimum Gasteiger partial charge on any atom is -0.487 e. The Hall–Kier alpha value is -1.81. The molecule has 0 aliphatic rings. The maximum absolute atomic E-state index is 6.01. The number of benzene rings is 1. The van der Waals surface area contributed by atoms with Crippen LogP contribution in [-0.4, -0.2) is 16.1 Å². The summed E-state index contributed by atoms with van der Waals surface area (Å²) in [5, 5.41) is 3.44. The van der Waals surface area contributed by atoms with Crippen molar-refractivity contribution in [2.24, 2.45) is 0 Å². The zero-order valence-corrected chi connectivity index (χ0v) is 13.2. The minimum atomic E-state index is 0.553. The lowest BCUT2D eigenvalue weighted by molar-refractivity contribution is 0.291. The number of aromatic nitrogens is 2. The maximum Gasteiger partial charge on any atom is 0.130 e. The standard InChI is InChI=1S/C17H25N3O/c1-4-8-18-10-15-9-14(3)6-7-17(15)21-12-16-11-19-13-20(16)5-2/h6-7,9,11,13,18H,4-5,8,10,12H2,1-3H3. The van der Waals surface area contributed by atoms with Gasteiger partial charge in [0.15, 0.2) is 0 Å². The summed E-state index contributed by atoms with van der Waals surface area (Å²) in [4.78, 5) is 4.17. The Balaban J connectivity index is 2.04. The molecule has 1 N–H and O–H groups in total. The molecule has 114 valence electrons. The molecule has 4 nitrogen and oxygen atoms in total. The van der Waals surface area contributed by atoms with Gasteiger partial charge < -0.3 is 14.6 Å². The fourth-order valence-electron chi connectivity index (χ4n) is 2.29. The number of ether oxygens (including phenoxy) is 1. The van der Waals surface area contributed by atoms with Crippen LogP contribution in [0.15, 0.2) is 30.7 Å². The number of aryl methyl sites for hydroxylation is 2. The quantitative estimate of drug-likeness (QED) is 0.757. The second-order valence-corrected chi connectivity index (χ2v) is 5.25. The second-order valence-electron chi connectivity index (χ2n) is 5.25. The van der Waals surface area contributed by atoms with Gasteiger partial charge in [-0.3, -0.25) is 0 Å². The van der Waals surface area contributed by atoms with E-state index in [4.69, 9.17) is 4.74 Å². The summed E-state index contributed by atoms with van der Waals surface area (Å²) in [5.41, 5.74) is 3.57. The smallest absolute Gasteiger partial charge is 0.130 e. The molecule has 2 rings (SSSR count). The highest BCUT2D eigenvalue weighted by Gasteiger charge is 2.06. The van der Waals surface area contributed by atoms with Crippen LogP contribution in [0.3, 0.4) is 0 Å². The zero-order chi connectivity index (χ0) is 15.1. The summed E-state index contributed by atoms with van der Waals surface area (Å²) < 4.78 is 8.11. The summed E-state index contributed by atoms with van der Waals surface area (Å²) in [6.45, 7) is 9.73. The molecule has 1 heterocycles. The van der Waals surface area contributed by atoms with Crippen LogP contribution in [0.5, 0.6) is 5.75 Å². The van der Waals surface area contributed by atoms with Crippen molar-refractivity contribution in [3.8, 4) is 5.75 Å². The average molecular weight is 287 g/mol. The van der Waals surface area contributed by atoms with Crippen molar-refractivity contribution < 1.29 is 4.74 Å². The number of hydrogen-bond acceptors (Lipinski definition) is 3. The molecule has 4 heteroatoms. The van der Waals surface area contributed by atoms with Gasteiger partial charge in [0.1, 0.15) is 12.4 Å². The van der Waals surface area contributed by atoms with Crippen molar-refractivity contribution in [1.82, 2.24) is 14.9 Å². The molecule has 0 aliphatic carbocycles. The summed E-state index contributed by atoms with van der Waals surface area (Å²) >= 11 is 0. The van der Waals surface area contributed by atoms with Crippen LogP contribution < -0.4 is 10.1 Å². The van der Waals surface area contributed by atoms with Gasteiger partial charge in [0.2, 0.25) is 0 Å². The minimum absolute atomic E-state index is 0.553. The summed E-state index contributed by atoms with van der Waals surface area (Å²) in [5.74, 6) is 0.952. The Labute approximate surface area is 127 Å². The Morgan fingerprint density at radius 2 is 2.14 bits per heavy atom. The molecule has 0 amide bonds. The molecule has 0 fully saturated rings. The van der Waals surface area contributed by atoms with Crippen LogP contribution in [0, 0.1) is 6.92 Å². The van der Waals surface area contributed by atoms with Gasteiger partial charge >= 0.3 is 0 Å². The van der Waals surface area contributed by atoms with E-state index in [0.29, 0.717) is 6.61 Å². The maximum atomic E-state index is 6.01. The Kier molecular flexibility index (Phi) is 5.81. The van der Waals surface area contributed by atoms with Crippen molar-refractivity contribution >= 4 is 0 Å². The second kappa shape index (κ2) is 7.84. The third-order valence-electron chi connectivity index (χ3n) is 3.47. The van der Waals surface area contributed by atoms with Crippen molar-refractivity contribution in [2.75, 3.05) is 6.54 Å². The third-order valence-corrected chi connectivity index (χ3v) is 3.47. The van der Waals surface area contributed by atoms with E-state index in [0.717, 1.165) is 37.5 Å². The largest absolute Gasteiger partial charge is 0.487 e. The number of rotatable bonds is 8. The van der Waals surface area contributed by atoms with Crippen molar-refractivity contribution in [3.63, 3.8) is 0 Å². The molecule has 2 aromatic rings. The van der Waals surface area contributed by atoms with Gasteiger partial charge in [0, 0.05) is 18.7 Å². The van der Waals surface area contributed by atoms with E-state index >= 15 is 0 Å². The normalized spacial score (nSPS) is 10.8. The highest BCUT2D eigenvalue weighted by atomic mass is 16.5. The number of hydrogen-bond donors (Lipinski definition) is 1. The van der Waals surface area contributed by atoms with Crippen molar-refractivity contribution in [2.45, 2.75) is 46.9 Å². The Morgan fingerprint density at radius 3 is 2.90 bits per heavy atom. The molecular formula is C17H25N3O. The highest BCUT2D eigenvalue weighted by Crippen LogP contribution is 2.21. The topological polar surface area (TPSA) is 39.1 Å². The first-order valence-electron chi connectivity index (χ1n) is 7.66. The fourth-order valence-corrected chi connectivity index (χ4v) is 2.29. The van der Waals surface area contributed by atoms with Crippen LogP contribution in [0.1, 0.15) is 37.1 Å². The molecule has 1 aromatic heterocycles. The van der Waals surface area contributed by atoms with E-state index < -0.39 is 0 Å². The van der Waals surface area contributed by atoms with Gasteiger partial charge in [-0.25, -0.2) is 4.98 Å². The van der Waals surface area contributed by atoms with Gasteiger partial charge in [-0.1, -0.05) is 24.6 Å². The predicted molar refractivity (Wildman–Crippen MR) is 85.4 cm³/mol. The van der Waals surface area contributed by atoms with E-state index in [2.05, 4.69) is 53.8 Å². The molecular weight excluding hydrogens is 262 g/mol. The third kappa shape index (κ3) is 4.33. The number of nitrogens with one attached hydrogen (secondary N) is 1. The molecule has 0 radical (unpaired) electrons. The van der Waals surface area contributed by atoms with Crippen LogP contribution in [0.4, 0.5) is 0 Å². The molecule has 21 heavy (non-hydrogen) atoms. The SMILES string of the molecule is CCCNCc1cc(C)ccc1OCc1cncn1CC. The average Bonchev–Trinajstić information content (AvgIpc) is 2.94. The monoisotopic (exact) mass is 287 g/mol. The lowest BCUT2D eigenvalue weighted by atomic mass is 10.1. The van der Waals surface area contributed by atoms with E-state index in [1.165, 1.54) is 11.1 Å². The van der Waals surface area contributed by atoms with Gasteiger partial charge in [0.05, 0.1) is 18.2 Å². The van der Waals surface area contributed by atoms with E-state index in [1.54, 1.807) is 0 Å². The molecule has 0 unspecified atom stereocenters. The summed E-state index contributed by atoms with van der Waals surface area (Å²) in [6.07, 6.45) is 4.85. The molecule has 0 bridgehead atoms. The summed E-state index contributed by atoms with van der Waals surface area (Å²) in [6, 6.07) is 6.34. The molecule has 1 aromatic carbocycles. The number of nitrogens with zero attached hydrogens (tertiary/aromatic N) is 2. The van der Waals surface area contributed by atoms with Gasteiger partial charge in [0.25, 0.3) is 0 Å². The van der Waals surface area contributed by atoms with Gasteiger partial charge in [-0.05, 0) is 32.9 Å². The molecule has 0 saturated heterocycles. The van der Waals surface area contributed by atoms with Crippen molar-refractivity contribution in [1.29, 1.82) is 0 Å². The van der Waals surface area contributed by atoms with Crippen LogP contribution in [-0.2, 0) is 19.7 Å². The first kappa shape index (κ1) is 15.6.